The van der Waals surface area contributed by atoms with Gasteiger partial charge >= 0.3 is 0 Å². The Hall–Kier alpha value is -5.68. The largest absolute Gasteiger partial charge is 0.501 e. The number of imidazole rings is 1. The van der Waals surface area contributed by atoms with Gasteiger partial charge in [-0.3, -0.25) is 9.37 Å². The van der Waals surface area contributed by atoms with E-state index >= 15 is 0 Å². The molecule has 0 bridgehead atoms. The summed E-state index contributed by atoms with van der Waals surface area (Å²) in [5, 5.41) is 1.35. The number of benzene rings is 6. The Morgan fingerprint density at radius 1 is 0.763 bits per heavy atom. The van der Waals surface area contributed by atoms with Gasteiger partial charge in [0.1, 0.15) is 5.58 Å². The number of aryl methyl sites for hydroxylation is 1. The number of hydrogen-bond donors (Lipinski definition) is 0. The summed E-state index contributed by atoms with van der Waals surface area (Å²) < 4.78 is 46.4. The molecule has 0 unspecified atom stereocenters. The fourth-order valence-corrected chi connectivity index (χ4v) is 7.58. The molecule has 59 heavy (non-hydrogen) atoms. The van der Waals surface area contributed by atoms with E-state index in [1.165, 1.54) is 39.9 Å². The summed E-state index contributed by atoms with van der Waals surface area (Å²) in [6, 6.07) is 47.2. The van der Waals surface area contributed by atoms with Crippen LogP contribution in [0, 0.1) is 24.8 Å². The molecule has 3 heterocycles. The van der Waals surface area contributed by atoms with Crippen molar-refractivity contribution < 1.29 is 33.0 Å². The van der Waals surface area contributed by atoms with Crippen LogP contribution in [0.3, 0.4) is 0 Å². The van der Waals surface area contributed by atoms with Gasteiger partial charge in [0.2, 0.25) is 0 Å². The van der Waals surface area contributed by atoms with E-state index in [4.69, 9.17) is 13.5 Å². The molecule has 0 aliphatic heterocycles. The second kappa shape index (κ2) is 16.9. The van der Waals surface area contributed by atoms with Gasteiger partial charge in [-0.25, -0.2) is 0 Å². The number of rotatable bonds is 6. The molecular formula is C53H48FIrN3O-2. The molecule has 4 nitrogen and oxygen atoms in total. The molecule has 6 aromatic carbocycles. The molecule has 0 saturated heterocycles. The van der Waals surface area contributed by atoms with Gasteiger partial charge in [-0.05, 0) is 87.2 Å². The van der Waals surface area contributed by atoms with Crippen molar-refractivity contribution in [3.8, 4) is 39.5 Å². The molecule has 0 N–H and O–H groups in total. The SMILES string of the molecule is CC(C)(C)c1ccnc(-c2[c-]cc(F)cc2)c1.[2H]C([2H])([2H])c1c[c-]c(-c2nc3ccccc3n2-c2c(C(C)C)cc(-c3ccccc3)cc2C(C)C)c2oc3ccccc3c12.[Ir]. The number of halogens is 1. The molecule has 299 valence electrons. The molecular weight excluding hydrogens is 906 g/mol. The molecule has 9 rings (SSSR count). The monoisotopic (exact) mass is 957 g/mol. The van der Waals surface area contributed by atoms with Crippen molar-refractivity contribution in [2.24, 2.45) is 0 Å². The number of fused-ring (bicyclic) bond motifs is 4. The second-order valence-electron chi connectivity index (χ2n) is 16.4. The third-order valence-corrected chi connectivity index (χ3v) is 10.7. The Morgan fingerprint density at radius 3 is 2.14 bits per heavy atom. The van der Waals surface area contributed by atoms with Gasteiger partial charge in [0.15, 0.2) is 0 Å². The van der Waals surface area contributed by atoms with Gasteiger partial charge in [0, 0.05) is 47.3 Å². The Kier molecular flexibility index (Phi) is 10.8. The van der Waals surface area contributed by atoms with Crippen molar-refractivity contribution in [1.82, 2.24) is 14.5 Å². The quantitative estimate of drug-likeness (QED) is 0.156. The van der Waals surface area contributed by atoms with Crippen LogP contribution >= 0.6 is 0 Å². The summed E-state index contributed by atoms with van der Waals surface area (Å²) in [5.41, 5.74) is 12.6. The first-order valence-electron chi connectivity index (χ1n) is 21.3. The van der Waals surface area contributed by atoms with Crippen LogP contribution in [0.2, 0.25) is 0 Å². The van der Waals surface area contributed by atoms with Crippen molar-refractivity contribution >= 4 is 33.0 Å². The smallest absolute Gasteiger partial charge is 0.120 e. The number of aromatic nitrogens is 3. The van der Waals surface area contributed by atoms with Gasteiger partial charge in [-0.2, -0.15) is 0 Å². The van der Waals surface area contributed by atoms with Crippen LogP contribution < -0.4 is 0 Å². The third-order valence-electron chi connectivity index (χ3n) is 10.7. The fraction of sp³-hybridized carbons (Fsp3) is 0.208. The van der Waals surface area contributed by atoms with Crippen LogP contribution in [0.1, 0.15) is 86.7 Å². The van der Waals surface area contributed by atoms with Crippen LogP contribution in [-0.2, 0) is 25.5 Å². The molecule has 0 fully saturated rings. The molecule has 0 spiro atoms. The molecule has 0 aliphatic carbocycles. The molecule has 0 aliphatic rings. The second-order valence-corrected chi connectivity index (χ2v) is 16.4. The minimum absolute atomic E-state index is 0. The Morgan fingerprint density at radius 2 is 1.46 bits per heavy atom. The molecule has 0 amide bonds. The van der Waals surface area contributed by atoms with Crippen LogP contribution in [-0.4, -0.2) is 14.5 Å². The van der Waals surface area contributed by atoms with E-state index in [0.29, 0.717) is 27.9 Å². The number of para-hydroxylation sites is 3. The number of nitrogens with zero attached hydrogens (tertiary/aromatic N) is 3. The van der Waals surface area contributed by atoms with Gasteiger partial charge in [0.25, 0.3) is 0 Å². The van der Waals surface area contributed by atoms with Crippen molar-refractivity contribution in [3.63, 3.8) is 0 Å². The maximum atomic E-state index is 12.8. The maximum absolute atomic E-state index is 12.8. The Labute approximate surface area is 364 Å². The molecule has 9 aromatic rings. The van der Waals surface area contributed by atoms with Crippen molar-refractivity contribution in [1.29, 1.82) is 0 Å². The van der Waals surface area contributed by atoms with Crippen molar-refractivity contribution in [3.05, 3.63) is 174 Å². The van der Waals surface area contributed by atoms with Gasteiger partial charge < -0.3 is 14.0 Å². The average Bonchev–Trinajstić information content (AvgIpc) is 3.82. The van der Waals surface area contributed by atoms with Crippen molar-refractivity contribution in [2.45, 2.75) is 72.6 Å². The summed E-state index contributed by atoms with van der Waals surface area (Å²) in [6.45, 7) is 13.0. The van der Waals surface area contributed by atoms with Gasteiger partial charge in [-0.1, -0.05) is 133 Å². The number of hydrogen-bond acceptors (Lipinski definition) is 3. The minimum atomic E-state index is -2.33. The first kappa shape index (κ1) is 37.6. The van der Waals surface area contributed by atoms with E-state index < -0.39 is 6.85 Å². The normalized spacial score (nSPS) is 12.6. The van der Waals surface area contributed by atoms with Crippen LogP contribution in [0.4, 0.5) is 4.39 Å². The minimum Gasteiger partial charge on any atom is -0.501 e. The van der Waals surface area contributed by atoms with E-state index in [1.54, 1.807) is 18.3 Å². The molecule has 0 saturated carbocycles. The average molecular weight is 957 g/mol. The molecule has 3 aromatic heterocycles. The van der Waals surface area contributed by atoms with E-state index in [-0.39, 0.29) is 48.7 Å². The summed E-state index contributed by atoms with van der Waals surface area (Å²) in [4.78, 5) is 9.48. The zero-order valence-corrected chi connectivity index (χ0v) is 36.7. The summed E-state index contributed by atoms with van der Waals surface area (Å²) in [7, 11) is 0. The van der Waals surface area contributed by atoms with Crippen molar-refractivity contribution in [2.75, 3.05) is 0 Å². The molecule has 0 atom stereocenters. The van der Waals surface area contributed by atoms with E-state index in [9.17, 15) is 4.39 Å². The predicted molar refractivity (Wildman–Crippen MR) is 238 cm³/mol. The standard InChI is InChI=1S/C38H33N2O.C15H15FN.Ir/c1-23(2)30-21-27(26-13-7-6-8-14-26)22-31(24(3)4)36(30)40-33-17-11-10-16-32(33)39-38(40)29-20-19-25(5)35-28-15-9-12-18-34(28)41-37(29)35;1-15(2,3)12-8-9-17-14(10-12)11-4-6-13(16)7-5-11;/h6-19,21-24H,1-5H3;4,6-10H,1-3H3;/q2*-1;/i5D3;;. The Bertz CT molecular complexity index is 2990. The number of pyridine rings is 1. The molecule has 1 radical (unpaired) electrons. The number of furan rings is 1. The maximum Gasteiger partial charge on any atom is 0.120 e. The van der Waals surface area contributed by atoms with E-state index in [0.717, 1.165) is 33.4 Å². The molecule has 6 heteroatoms. The third kappa shape index (κ3) is 8.17. The zero-order chi connectivity index (χ0) is 43.2. The zero-order valence-electron chi connectivity index (χ0n) is 37.3. The van der Waals surface area contributed by atoms with Crippen LogP contribution in [0.5, 0.6) is 0 Å². The summed E-state index contributed by atoms with van der Waals surface area (Å²) in [6.07, 6.45) is 1.78. The van der Waals surface area contributed by atoms with E-state index in [1.807, 2.05) is 60.7 Å². The Balaban J connectivity index is 0.000000270. The van der Waals surface area contributed by atoms with Crippen LogP contribution in [0.25, 0.3) is 72.4 Å². The fourth-order valence-electron chi connectivity index (χ4n) is 7.58. The van der Waals surface area contributed by atoms with E-state index in [2.05, 4.69) is 113 Å². The summed E-state index contributed by atoms with van der Waals surface area (Å²) >= 11 is 0. The summed E-state index contributed by atoms with van der Waals surface area (Å²) in [5.74, 6) is 0.825. The van der Waals surface area contributed by atoms with Crippen LogP contribution in [0.15, 0.2) is 138 Å². The topological polar surface area (TPSA) is 43.9 Å². The predicted octanol–water partition coefficient (Wildman–Crippen LogP) is 14.6. The van der Waals surface area contributed by atoms with Gasteiger partial charge in [-0.15, -0.1) is 47.5 Å². The first-order chi connectivity index (χ1) is 29.1. The first-order valence-corrected chi connectivity index (χ1v) is 19.8. The van der Waals surface area contributed by atoms with Gasteiger partial charge in [0.05, 0.1) is 22.4 Å².